The molecule has 3 atom stereocenters. The molecule has 1 aliphatic carbocycles. The van der Waals surface area contributed by atoms with Gasteiger partial charge in [0.1, 0.15) is 0 Å². The zero-order chi connectivity index (χ0) is 9.84. The van der Waals surface area contributed by atoms with E-state index >= 15 is 0 Å². The Kier molecular flexibility index (Phi) is 3.98. The highest BCUT2D eigenvalue weighted by atomic mass is 16.3. The Bertz CT molecular complexity index is 184. The highest BCUT2D eigenvalue weighted by Gasteiger charge is 2.25. The first-order valence-corrected chi connectivity index (χ1v) is 5.57. The van der Waals surface area contributed by atoms with Gasteiger partial charge in [-0.25, -0.2) is 0 Å². The van der Waals surface area contributed by atoms with E-state index in [4.69, 9.17) is 0 Å². The molecule has 1 heteroatoms. The van der Waals surface area contributed by atoms with Gasteiger partial charge < -0.3 is 5.11 Å². The van der Waals surface area contributed by atoms with Crippen LogP contribution in [-0.4, -0.2) is 11.2 Å². The Morgan fingerprint density at radius 2 is 2.08 bits per heavy atom. The van der Waals surface area contributed by atoms with Crippen molar-refractivity contribution in [1.82, 2.24) is 0 Å². The number of aliphatic hydroxyl groups excluding tert-OH is 1. The fourth-order valence-corrected chi connectivity index (χ4v) is 1.91. The fraction of sp³-hybridized carbons (Fsp3) is 0.833. The van der Waals surface area contributed by atoms with Gasteiger partial charge in [-0.2, -0.15) is 0 Å². The van der Waals surface area contributed by atoms with Crippen LogP contribution in [0.15, 0.2) is 11.6 Å². The van der Waals surface area contributed by atoms with Gasteiger partial charge in [0.15, 0.2) is 0 Å². The molecule has 1 rings (SSSR count). The summed E-state index contributed by atoms with van der Waals surface area (Å²) in [5.41, 5.74) is 1.56. The van der Waals surface area contributed by atoms with Crippen molar-refractivity contribution in [3.8, 4) is 0 Å². The first-order chi connectivity index (χ1) is 6.19. The second-order valence-electron chi connectivity index (χ2n) is 4.26. The third-order valence-electron chi connectivity index (χ3n) is 3.09. The molecule has 0 radical (unpaired) electrons. The van der Waals surface area contributed by atoms with Gasteiger partial charge in [-0.1, -0.05) is 45.3 Å². The first-order valence-electron chi connectivity index (χ1n) is 5.57. The third-order valence-corrected chi connectivity index (χ3v) is 3.09. The third kappa shape index (κ3) is 3.15. The molecule has 13 heavy (non-hydrogen) atoms. The van der Waals surface area contributed by atoms with Crippen molar-refractivity contribution < 1.29 is 5.11 Å². The lowest BCUT2D eigenvalue weighted by atomic mass is 9.91. The molecule has 0 bridgehead atoms. The van der Waals surface area contributed by atoms with Crippen LogP contribution in [-0.2, 0) is 0 Å². The minimum atomic E-state index is -0.0799. The van der Waals surface area contributed by atoms with Gasteiger partial charge in [-0.3, -0.25) is 0 Å². The highest BCUT2D eigenvalue weighted by Crippen LogP contribution is 2.36. The lowest BCUT2D eigenvalue weighted by Gasteiger charge is -2.20. The Morgan fingerprint density at radius 3 is 2.46 bits per heavy atom. The summed E-state index contributed by atoms with van der Waals surface area (Å²) in [4.78, 5) is 0. The molecule has 3 unspecified atom stereocenters. The molecule has 0 aliphatic heterocycles. The molecule has 1 aliphatic rings. The molecule has 0 spiro atoms. The van der Waals surface area contributed by atoms with Crippen LogP contribution in [0.3, 0.4) is 0 Å². The quantitative estimate of drug-likeness (QED) is 0.626. The summed E-state index contributed by atoms with van der Waals surface area (Å²) in [5, 5.41) is 9.84. The van der Waals surface area contributed by atoms with Crippen LogP contribution in [0.25, 0.3) is 0 Å². The standard InChI is InChI=1S/C12H22O/c1-4-6-12(13)10(5-2)8-11-7-9(11)3/h7,9-10,12-13H,4-6,8H2,1-3H3. The summed E-state index contributed by atoms with van der Waals surface area (Å²) in [6, 6.07) is 0. The molecule has 0 fully saturated rings. The molecular formula is C12H22O. The van der Waals surface area contributed by atoms with Gasteiger partial charge in [-0.15, -0.1) is 0 Å². The average Bonchev–Trinajstić information content (AvgIpc) is 2.78. The molecule has 1 nitrogen and oxygen atoms in total. The minimum Gasteiger partial charge on any atom is -0.393 e. The zero-order valence-corrected chi connectivity index (χ0v) is 9.09. The smallest absolute Gasteiger partial charge is 0.0571 e. The number of allylic oxidation sites excluding steroid dienone is 2. The summed E-state index contributed by atoms with van der Waals surface area (Å²) in [7, 11) is 0. The van der Waals surface area contributed by atoms with Crippen molar-refractivity contribution in [2.45, 2.75) is 52.6 Å². The Labute approximate surface area is 81.9 Å². The Morgan fingerprint density at radius 1 is 1.46 bits per heavy atom. The van der Waals surface area contributed by atoms with Gasteiger partial charge in [0.05, 0.1) is 6.10 Å². The molecule has 0 aromatic heterocycles. The van der Waals surface area contributed by atoms with Crippen molar-refractivity contribution in [2.24, 2.45) is 11.8 Å². The molecule has 1 N–H and O–H groups in total. The number of hydrogen-bond acceptors (Lipinski definition) is 1. The summed E-state index contributed by atoms with van der Waals surface area (Å²) < 4.78 is 0. The topological polar surface area (TPSA) is 20.2 Å². The van der Waals surface area contributed by atoms with Crippen LogP contribution < -0.4 is 0 Å². The van der Waals surface area contributed by atoms with Crippen molar-refractivity contribution in [1.29, 1.82) is 0 Å². The summed E-state index contributed by atoms with van der Waals surface area (Å²) in [6.07, 6.45) is 6.50. The molecule has 0 saturated carbocycles. The van der Waals surface area contributed by atoms with Gasteiger partial charge in [-0.05, 0) is 24.7 Å². The van der Waals surface area contributed by atoms with E-state index in [1.807, 2.05) is 0 Å². The molecule has 0 aromatic carbocycles. The van der Waals surface area contributed by atoms with Gasteiger partial charge in [0.2, 0.25) is 0 Å². The van der Waals surface area contributed by atoms with Crippen molar-refractivity contribution >= 4 is 0 Å². The maximum atomic E-state index is 9.84. The maximum absolute atomic E-state index is 9.84. The molecule has 0 aromatic rings. The van der Waals surface area contributed by atoms with Crippen molar-refractivity contribution in [2.75, 3.05) is 0 Å². The maximum Gasteiger partial charge on any atom is 0.0571 e. The first kappa shape index (κ1) is 10.8. The fourth-order valence-electron chi connectivity index (χ4n) is 1.91. The minimum absolute atomic E-state index is 0.0799. The van der Waals surface area contributed by atoms with Crippen LogP contribution in [0.2, 0.25) is 0 Å². The largest absolute Gasteiger partial charge is 0.393 e. The molecule has 0 amide bonds. The zero-order valence-electron chi connectivity index (χ0n) is 9.09. The Balaban J connectivity index is 2.29. The van der Waals surface area contributed by atoms with E-state index in [-0.39, 0.29) is 6.10 Å². The molecule has 0 heterocycles. The van der Waals surface area contributed by atoms with Gasteiger partial charge >= 0.3 is 0 Å². The average molecular weight is 182 g/mol. The van der Waals surface area contributed by atoms with Crippen LogP contribution in [0.1, 0.15) is 46.5 Å². The van der Waals surface area contributed by atoms with Crippen LogP contribution >= 0.6 is 0 Å². The number of hydrogen-bond donors (Lipinski definition) is 1. The SMILES string of the molecule is CCCC(O)C(CC)CC1=CC1C. The highest BCUT2D eigenvalue weighted by molar-refractivity contribution is 5.27. The monoisotopic (exact) mass is 182 g/mol. The summed E-state index contributed by atoms with van der Waals surface area (Å²) in [5.74, 6) is 1.22. The summed E-state index contributed by atoms with van der Waals surface area (Å²) in [6.45, 7) is 6.54. The number of aliphatic hydroxyl groups is 1. The van der Waals surface area contributed by atoms with Crippen molar-refractivity contribution in [3.63, 3.8) is 0 Å². The predicted molar refractivity (Wildman–Crippen MR) is 56.6 cm³/mol. The summed E-state index contributed by atoms with van der Waals surface area (Å²) >= 11 is 0. The second kappa shape index (κ2) is 4.80. The molecule has 0 saturated heterocycles. The van der Waals surface area contributed by atoms with Crippen LogP contribution in [0.5, 0.6) is 0 Å². The van der Waals surface area contributed by atoms with E-state index in [0.717, 1.165) is 31.6 Å². The van der Waals surface area contributed by atoms with Crippen LogP contribution in [0.4, 0.5) is 0 Å². The van der Waals surface area contributed by atoms with E-state index in [9.17, 15) is 5.11 Å². The lowest BCUT2D eigenvalue weighted by Crippen LogP contribution is -2.19. The van der Waals surface area contributed by atoms with Gasteiger partial charge in [0, 0.05) is 0 Å². The molecular weight excluding hydrogens is 160 g/mol. The van der Waals surface area contributed by atoms with E-state index < -0.39 is 0 Å². The van der Waals surface area contributed by atoms with Crippen LogP contribution in [0, 0.1) is 11.8 Å². The van der Waals surface area contributed by atoms with Crippen molar-refractivity contribution in [3.05, 3.63) is 11.6 Å². The number of rotatable bonds is 6. The second-order valence-corrected chi connectivity index (χ2v) is 4.26. The predicted octanol–water partition coefficient (Wildman–Crippen LogP) is 3.14. The normalized spacial score (nSPS) is 25.2. The lowest BCUT2D eigenvalue weighted by molar-refractivity contribution is 0.0957. The van der Waals surface area contributed by atoms with Gasteiger partial charge in [0.25, 0.3) is 0 Å². The molecule has 76 valence electrons. The van der Waals surface area contributed by atoms with E-state index in [2.05, 4.69) is 26.8 Å². The Hall–Kier alpha value is -0.300. The van der Waals surface area contributed by atoms with E-state index in [1.54, 1.807) is 5.57 Å². The van der Waals surface area contributed by atoms with E-state index in [0.29, 0.717) is 5.92 Å². The van der Waals surface area contributed by atoms with E-state index in [1.165, 1.54) is 0 Å².